The number of morpholine rings is 1. The molecule has 1 aliphatic rings. The smallest absolute Gasteiger partial charge is 0.317 e. The number of hydrogen-bond donors (Lipinski definition) is 0. The lowest BCUT2D eigenvalue weighted by Gasteiger charge is -2.27. The van der Waals surface area contributed by atoms with Gasteiger partial charge in [0, 0.05) is 19.6 Å². The molecule has 1 saturated heterocycles. The van der Waals surface area contributed by atoms with Crippen molar-refractivity contribution < 1.29 is 9.53 Å². The minimum Gasteiger partial charge on any atom is -0.378 e. The van der Waals surface area contributed by atoms with Crippen LogP contribution in [0.5, 0.6) is 0 Å². The van der Waals surface area contributed by atoms with Gasteiger partial charge in [-0.15, -0.1) is 6.58 Å². The summed E-state index contributed by atoms with van der Waals surface area (Å²) in [5, 5.41) is 0. The van der Waals surface area contributed by atoms with E-state index in [0.717, 1.165) is 0 Å². The fraction of sp³-hybridized carbons (Fsp3) is 0.353. The molecule has 1 aromatic carbocycles. The molecule has 24 heavy (non-hydrogen) atoms. The van der Waals surface area contributed by atoms with Gasteiger partial charge in [-0.05, 0) is 12.1 Å². The SMILES string of the molecule is C=CCn1c(=O)c(=O)n(CC(=O)N2CCOCC2)c2ccccc21. The van der Waals surface area contributed by atoms with Crippen LogP contribution in [0.25, 0.3) is 11.0 Å². The van der Waals surface area contributed by atoms with Gasteiger partial charge < -0.3 is 9.64 Å². The summed E-state index contributed by atoms with van der Waals surface area (Å²) in [6.07, 6.45) is 1.57. The number of aromatic nitrogens is 2. The Morgan fingerprint density at radius 2 is 1.67 bits per heavy atom. The molecule has 2 aromatic rings. The molecule has 0 saturated carbocycles. The van der Waals surface area contributed by atoms with E-state index in [2.05, 4.69) is 6.58 Å². The molecule has 0 radical (unpaired) electrons. The van der Waals surface area contributed by atoms with Crippen LogP contribution in [-0.4, -0.2) is 46.2 Å². The van der Waals surface area contributed by atoms with Crippen LogP contribution < -0.4 is 11.1 Å². The van der Waals surface area contributed by atoms with Gasteiger partial charge in [0.15, 0.2) is 0 Å². The second-order valence-electron chi connectivity index (χ2n) is 5.58. The highest BCUT2D eigenvalue weighted by Gasteiger charge is 2.20. The molecule has 0 unspecified atom stereocenters. The van der Waals surface area contributed by atoms with Crippen molar-refractivity contribution in [2.45, 2.75) is 13.1 Å². The maximum Gasteiger partial charge on any atom is 0.317 e. The summed E-state index contributed by atoms with van der Waals surface area (Å²) in [6, 6.07) is 7.07. The predicted octanol–water partition coefficient (Wildman–Crippen LogP) is 0.208. The van der Waals surface area contributed by atoms with E-state index in [-0.39, 0.29) is 19.0 Å². The number of benzene rings is 1. The number of nitrogens with zero attached hydrogens (tertiary/aromatic N) is 3. The van der Waals surface area contributed by atoms with Crippen molar-refractivity contribution in [3.8, 4) is 0 Å². The molecule has 1 aromatic heterocycles. The molecular weight excluding hydrogens is 310 g/mol. The molecule has 2 heterocycles. The first kappa shape index (κ1) is 16.2. The third kappa shape index (κ3) is 2.90. The van der Waals surface area contributed by atoms with Gasteiger partial charge in [-0.1, -0.05) is 18.2 Å². The molecule has 1 amide bonds. The summed E-state index contributed by atoms with van der Waals surface area (Å²) in [7, 11) is 0. The van der Waals surface area contributed by atoms with Crippen LogP contribution in [0.1, 0.15) is 0 Å². The van der Waals surface area contributed by atoms with Crippen molar-refractivity contribution >= 4 is 16.9 Å². The Hall–Kier alpha value is -2.67. The lowest BCUT2D eigenvalue weighted by molar-refractivity contribution is -0.135. The minimum absolute atomic E-state index is 0.149. The monoisotopic (exact) mass is 329 g/mol. The number of ether oxygens (including phenoxy) is 1. The van der Waals surface area contributed by atoms with Crippen LogP contribution in [0.3, 0.4) is 0 Å². The van der Waals surface area contributed by atoms with Crippen LogP contribution in [0.2, 0.25) is 0 Å². The van der Waals surface area contributed by atoms with E-state index in [0.29, 0.717) is 37.3 Å². The lowest BCUT2D eigenvalue weighted by atomic mass is 10.2. The average Bonchev–Trinajstić information content (AvgIpc) is 2.63. The van der Waals surface area contributed by atoms with Crippen molar-refractivity contribution in [3.63, 3.8) is 0 Å². The van der Waals surface area contributed by atoms with Crippen LogP contribution in [-0.2, 0) is 22.6 Å². The van der Waals surface area contributed by atoms with Crippen LogP contribution in [0.4, 0.5) is 0 Å². The first-order valence-electron chi connectivity index (χ1n) is 7.82. The normalized spacial score (nSPS) is 14.8. The molecule has 1 aliphatic heterocycles. The van der Waals surface area contributed by atoms with Gasteiger partial charge >= 0.3 is 11.1 Å². The molecule has 7 nitrogen and oxygen atoms in total. The van der Waals surface area contributed by atoms with Gasteiger partial charge in [0.25, 0.3) is 0 Å². The van der Waals surface area contributed by atoms with Crippen molar-refractivity contribution in [1.82, 2.24) is 14.0 Å². The third-order valence-corrected chi connectivity index (χ3v) is 4.11. The predicted molar refractivity (Wildman–Crippen MR) is 90.1 cm³/mol. The fourth-order valence-corrected chi connectivity index (χ4v) is 2.89. The molecule has 3 rings (SSSR count). The first-order chi connectivity index (χ1) is 11.6. The van der Waals surface area contributed by atoms with Gasteiger partial charge in [0.05, 0.1) is 24.2 Å². The van der Waals surface area contributed by atoms with Crippen molar-refractivity contribution in [1.29, 1.82) is 0 Å². The summed E-state index contributed by atoms with van der Waals surface area (Å²) in [5.41, 5.74) is -0.178. The molecule has 0 bridgehead atoms. The summed E-state index contributed by atoms with van der Waals surface area (Å²) in [5.74, 6) is -0.188. The highest BCUT2D eigenvalue weighted by atomic mass is 16.5. The zero-order valence-corrected chi connectivity index (χ0v) is 13.3. The summed E-state index contributed by atoms with van der Waals surface area (Å²) in [4.78, 5) is 39.0. The Bertz CT molecular complexity index is 891. The number of para-hydroxylation sites is 2. The van der Waals surface area contributed by atoms with Crippen molar-refractivity contribution in [2.24, 2.45) is 0 Å². The molecule has 1 fully saturated rings. The zero-order valence-electron chi connectivity index (χ0n) is 13.3. The quantitative estimate of drug-likeness (QED) is 0.594. The highest BCUT2D eigenvalue weighted by Crippen LogP contribution is 2.11. The number of fused-ring (bicyclic) bond motifs is 1. The molecular formula is C17H19N3O4. The molecule has 0 N–H and O–H groups in total. The average molecular weight is 329 g/mol. The van der Waals surface area contributed by atoms with E-state index >= 15 is 0 Å². The topological polar surface area (TPSA) is 73.5 Å². The second kappa shape index (κ2) is 6.84. The van der Waals surface area contributed by atoms with Gasteiger partial charge in [0.1, 0.15) is 6.54 Å². The standard InChI is InChI=1S/C17H19N3O4/c1-2-7-19-13-5-3-4-6-14(13)20(17(23)16(19)22)12-15(21)18-8-10-24-11-9-18/h2-6H,1,7-12H2. The van der Waals surface area contributed by atoms with E-state index in [4.69, 9.17) is 4.74 Å². The van der Waals surface area contributed by atoms with Gasteiger partial charge in [-0.2, -0.15) is 0 Å². The molecule has 7 heteroatoms. The largest absolute Gasteiger partial charge is 0.378 e. The van der Waals surface area contributed by atoms with Gasteiger partial charge in [-0.3, -0.25) is 23.5 Å². The molecule has 0 atom stereocenters. The zero-order chi connectivity index (χ0) is 17.1. The first-order valence-corrected chi connectivity index (χ1v) is 7.82. The number of carbonyl (C=O) groups excluding carboxylic acids is 1. The van der Waals surface area contributed by atoms with Crippen LogP contribution >= 0.6 is 0 Å². The van der Waals surface area contributed by atoms with Crippen molar-refractivity contribution in [2.75, 3.05) is 26.3 Å². The van der Waals surface area contributed by atoms with E-state index < -0.39 is 11.1 Å². The molecule has 0 spiro atoms. The number of carbonyl (C=O) groups is 1. The van der Waals surface area contributed by atoms with E-state index in [9.17, 15) is 14.4 Å². The van der Waals surface area contributed by atoms with Crippen LogP contribution in [0.15, 0.2) is 46.5 Å². The second-order valence-corrected chi connectivity index (χ2v) is 5.58. The number of allylic oxidation sites excluding steroid dienone is 1. The minimum atomic E-state index is -0.697. The van der Waals surface area contributed by atoms with E-state index in [1.807, 2.05) is 0 Å². The molecule has 126 valence electrons. The number of amides is 1. The van der Waals surface area contributed by atoms with Crippen molar-refractivity contribution in [3.05, 3.63) is 57.6 Å². The Balaban J connectivity index is 2.08. The summed E-state index contributed by atoms with van der Waals surface area (Å²) < 4.78 is 7.86. The van der Waals surface area contributed by atoms with Gasteiger partial charge in [0.2, 0.25) is 5.91 Å². The molecule has 0 aliphatic carbocycles. The van der Waals surface area contributed by atoms with Crippen LogP contribution in [0, 0.1) is 0 Å². The Morgan fingerprint density at radius 1 is 1.08 bits per heavy atom. The lowest BCUT2D eigenvalue weighted by Crippen LogP contribution is -2.46. The van der Waals surface area contributed by atoms with Gasteiger partial charge in [-0.25, -0.2) is 0 Å². The van der Waals surface area contributed by atoms with E-state index in [1.54, 1.807) is 35.2 Å². The van der Waals surface area contributed by atoms with E-state index in [1.165, 1.54) is 9.13 Å². The number of hydrogen-bond acceptors (Lipinski definition) is 4. The highest BCUT2D eigenvalue weighted by molar-refractivity contribution is 5.80. The Labute approximate surface area is 138 Å². The number of rotatable bonds is 4. The fourth-order valence-electron chi connectivity index (χ4n) is 2.89. The maximum atomic E-state index is 12.5. The maximum absolute atomic E-state index is 12.5. The Morgan fingerprint density at radius 3 is 2.29 bits per heavy atom. The Kier molecular flexibility index (Phi) is 4.61. The third-order valence-electron chi connectivity index (χ3n) is 4.11. The summed E-state index contributed by atoms with van der Waals surface area (Å²) in [6.45, 7) is 5.69. The summed E-state index contributed by atoms with van der Waals surface area (Å²) >= 11 is 0.